The third-order valence-electron chi connectivity index (χ3n) is 3.07. The number of rotatable bonds is 5. The fourth-order valence-electron chi connectivity index (χ4n) is 2.16. The summed E-state index contributed by atoms with van der Waals surface area (Å²) in [5.41, 5.74) is 2.20. The number of benzene rings is 1. The third-order valence-corrected chi connectivity index (χ3v) is 3.57. The van der Waals surface area contributed by atoms with E-state index in [4.69, 9.17) is 9.15 Å². The lowest BCUT2D eigenvalue weighted by molar-refractivity contribution is 0.393. The predicted molar refractivity (Wildman–Crippen MR) is 79.7 cm³/mol. The average Bonchev–Trinajstić information content (AvgIpc) is 2.82. The quantitative estimate of drug-likeness (QED) is 0.901. The van der Waals surface area contributed by atoms with E-state index in [1.54, 1.807) is 13.4 Å². The van der Waals surface area contributed by atoms with Crippen molar-refractivity contribution >= 4 is 15.9 Å². The van der Waals surface area contributed by atoms with Crippen LogP contribution in [0, 0.1) is 6.92 Å². The van der Waals surface area contributed by atoms with Gasteiger partial charge in [0.2, 0.25) is 0 Å². The van der Waals surface area contributed by atoms with Crippen LogP contribution in [-0.4, -0.2) is 13.7 Å². The number of nitrogens with one attached hydrogen (secondary N) is 1. The molecule has 1 aromatic heterocycles. The summed E-state index contributed by atoms with van der Waals surface area (Å²) >= 11 is 3.51. The minimum Gasteiger partial charge on any atom is -0.496 e. The van der Waals surface area contributed by atoms with Crippen molar-refractivity contribution in [3.8, 4) is 5.75 Å². The molecule has 0 aliphatic rings. The first-order chi connectivity index (χ1) is 9.17. The molecule has 0 spiro atoms. The van der Waals surface area contributed by atoms with Crippen LogP contribution in [0.1, 0.15) is 29.9 Å². The van der Waals surface area contributed by atoms with E-state index in [1.165, 1.54) is 0 Å². The normalized spacial score (nSPS) is 12.4. The predicted octanol–water partition coefficient (Wildman–Crippen LogP) is 4.06. The van der Waals surface area contributed by atoms with Gasteiger partial charge in [-0.25, -0.2) is 0 Å². The maximum absolute atomic E-state index is 5.64. The highest BCUT2D eigenvalue weighted by molar-refractivity contribution is 9.10. The second-order valence-electron chi connectivity index (χ2n) is 4.34. The lowest BCUT2D eigenvalue weighted by Gasteiger charge is -2.20. The molecule has 0 aliphatic carbocycles. The van der Waals surface area contributed by atoms with E-state index in [0.29, 0.717) is 0 Å². The average molecular weight is 324 g/mol. The Bertz CT molecular complexity index is 551. The zero-order valence-electron chi connectivity index (χ0n) is 11.4. The summed E-state index contributed by atoms with van der Waals surface area (Å²) in [5, 5.41) is 3.45. The Morgan fingerprint density at radius 2 is 2.16 bits per heavy atom. The van der Waals surface area contributed by atoms with Gasteiger partial charge in [0.05, 0.1) is 19.4 Å². The highest BCUT2D eigenvalue weighted by Crippen LogP contribution is 2.34. The van der Waals surface area contributed by atoms with Gasteiger partial charge in [0.1, 0.15) is 11.5 Å². The van der Waals surface area contributed by atoms with Crippen molar-refractivity contribution in [2.24, 2.45) is 0 Å². The van der Waals surface area contributed by atoms with Gasteiger partial charge in [0.15, 0.2) is 0 Å². The third kappa shape index (κ3) is 3.01. The molecule has 1 heterocycles. The maximum atomic E-state index is 5.64. The number of hydrogen-bond donors (Lipinski definition) is 1. The lowest BCUT2D eigenvalue weighted by Crippen LogP contribution is -2.22. The van der Waals surface area contributed by atoms with E-state index in [0.717, 1.165) is 33.7 Å². The molecule has 0 amide bonds. The Balaban J connectivity index is 2.50. The number of hydrogen-bond acceptors (Lipinski definition) is 3. The van der Waals surface area contributed by atoms with Crippen LogP contribution in [0.4, 0.5) is 0 Å². The molecule has 1 aromatic carbocycles. The summed E-state index contributed by atoms with van der Waals surface area (Å²) in [4.78, 5) is 0. The summed E-state index contributed by atoms with van der Waals surface area (Å²) in [7, 11) is 1.69. The molecule has 1 unspecified atom stereocenters. The summed E-state index contributed by atoms with van der Waals surface area (Å²) in [5.74, 6) is 1.78. The molecule has 0 saturated heterocycles. The SMILES string of the molecule is CCNC(c1cc(Br)ccc1OC)c1occc1C. The summed E-state index contributed by atoms with van der Waals surface area (Å²) < 4.78 is 12.1. The summed E-state index contributed by atoms with van der Waals surface area (Å²) in [6, 6.07) is 7.97. The molecule has 0 fully saturated rings. The first-order valence-corrected chi connectivity index (χ1v) is 7.07. The number of halogens is 1. The van der Waals surface area contributed by atoms with Crippen LogP contribution >= 0.6 is 15.9 Å². The summed E-state index contributed by atoms with van der Waals surface area (Å²) in [6.45, 7) is 4.98. The van der Waals surface area contributed by atoms with E-state index in [2.05, 4.69) is 34.2 Å². The van der Waals surface area contributed by atoms with Gasteiger partial charge in [0.25, 0.3) is 0 Å². The monoisotopic (exact) mass is 323 g/mol. The molecule has 1 N–H and O–H groups in total. The number of furan rings is 1. The van der Waals surface area contributed by atoms with Crippen molar-refractivity contribution in [3.05, 3.63) is 51.9 Å². The van der Waals surface area contributed by atoms with Crippen molar-refractivity contribution in [3.63, 3.8) is 0 Å². The molecule has 0 bridgehead atoms. The molecule has 19 heavy (non-hydrogen) atoms. The fraction of sp³-hybridized carbons (Fsp3) is 0.333. The highest BCUT2D eigenvalue weighted by Gasteiger charge is 2.22. The van der Waals surface area contributed by atoms with Gasteiger partial charge in [0, 0.05) is 10.0 Å². The number of aryl methyl sites for hydroxylation is 1. The zero-order valence-corrected chi connectivity index (χ0v) is 13.0. The molecule has 102 valence electrons. The first-order valence-electron chi connectivity index (χ1n) is 6.28. The second kappa shape index (κ2) is 6.26. The molecule has 1 atom stereocenters. The Kier molecular flexibility index (Phi) is 4.66. The van der Waals surface area contributed by atoms with Crippen molar-refractivity contribution in [1.29, 1.82) is 0 Å². The minimum absolute atomic E-state index is 0.00699. The molecule has 0 radical (unpaired) electrons. The maximum Gasteiger partial charge on any atom is 0.128 e. The van der Waals surface area contributed by atoms with Crippen LogP contribution in [0.15, 0.2) is 39.4 Å². The summed E-state index contributed by atoms with van der Waals surface area (Å²) in [6.07, 6.45) is 1.72. The smallest absolute Gasteiger partial charge is 0.128 e. The lowest BCUT2D eigenvalue weighted by atomic mass is 10.0. The Morgan fingerprint density at radius 3 is 2.74 bits per heavy atom. The molecule has 3 nitrogen and oxygen atoms in total. The molecule has 0 aliphatic heterocycles. The van der Waals surface area contributed by atoms with E-state index in [1.807, 2.05) is 25.1 Å². The van der Waals surface area contributed by atoms with Crippen LogP contribution in [0.3, 0.4) is 0 Å². The van der Waals surface area contributed by atoms with E-state index >= 15 is 0 Å². The van der Waals surface area contributed by atoms with Crippen LogP contribution in [0.5, 0.6) is 5.75 Å². The molecule has 2 aromatic rings. The first kappa shape index (κ1) is 14.2. The van der Waals surface area contributed by atoms with Crippen molar-refractivity contribution in [2.75, 3.05) is 13.7 Å². The van der Waals surface area contributed by atoms with Gasteiger partial charge in [-0.2, -0.15) is 0 Å². The molecular weight excluding hydrogens is 306 g/mol. The second-order valence-corrected chi connectivity index (χ2v) is 5.26. The highest BCUT2D eigenvalue weighted by atomic mass is 79.9. The Morgan fingerprint density at radius 1 is 1.37 bits per heavy atom. The Hall–Kier alpha value is -1.26. The Labute approximate surface area is 122 Å². The van der Waals surface area contributed by atoms with E-state index in [9.17, 15) is 0 Å². The molecule has 4 heteroatoms. The van der Waals surface area contributed by atoms with Gasteiger partial charge in [-0.05, 0) is 43.3 Å². The van der Waals surface area contributed by atoms with Gasteiger partial charge in [-0.15, -0.1) is 0 Å². The molecular formula is C15H18BrNO2. The largest absolute Gasteiger partial charge is 0.496 e. The minimum atomic E-state index is -0.00699. The number of ether oxygens (including phenoxy) is 1. The van der Waals surface area contributed by atoms with Gasteiger partial charge < -0.3 is 14.5 Å². The van der Waals surface area contributed by atoms with Crippen molar-refractivity contribution < 1.29 is 9.15 Å². The molecule has 0 saturated carbocycles. The van der Waals surface area contributed by atoms with Gasteiger partial charge >= 0.3 is 0 Å². The van der Waals surface area contributed by atoms with Crippen LogP contribution < -0.4 is 10.1 Å². The van der Waals surface area contributed by atoms with Crippen LogP contribution in [0.25, 0.3) is 0 Å². The molecule has 2 rings (SSSR count). The van der Waals surface area contributed by atoms with E-state index < -0.39 is 0 Å². The van der Waals surface area contributed by atoms with Gasteiger partial charge in [-0.3, -0.25) is 0 Å². The van der Waals surface area contributed by atoms with Crippen LogP contribution in [0.2, 0.25) is 0 Å². The van der Waals surface area contributed by atoms with Crippen molar-refractivity contribution in [2.45, 2.75) is 19.9 Å². The standard InChI is InChI=1S/C15H18BrNO2/c1-4-17-14(15-10(2)7-8-19-15)12-9-11(16)5-6-13(12)18-3/h5-9,14,17H,4H2,1-3H3. The fourth-order valence-corrected chi connectivity index (χ4v) is 2.54. The van der Waals surface area contributed by atoms with E-state index in [-0.39, 0.29) is 6.04 Å². The van der Waals surface area contributed by atoms with Crippen molar-refractivity contribution in [1.82, 2.24) is 5.32 Å². The van der Waals surface area contributed by atoms with Crippen LogP contribution in [-0.2, 0) is 0 Å². The zero-order chi connectivity index (χ0) is 13.8. The number of methoxy groups -OCH3 is 1. The van der Waals surface area contributed by atoms with Gasteiger partial charge in [-0.1, -0.05) is 22.9 Å². The topological polar surface area (TPSA) is 34.4 Å².